The van der Waals surface area contributed by atoms with Gasteiger partial charge in [-0.3, -0.25) is 0 Å². The average molecular weight is 306 g/mol. The number of hydrogen-bond acceptors (Lipinski definition) is 2. The minimum Gasteiger partial charge on any atom is -0.493 e. The molecule has 0 saturated heterocycles. The molecule has 1 atom stereocenters. The number of benzene rings is 2. The number of rotatable bonds is 4. The Hall–Kier alpha value is -1.58. The fourth-order valence-corrected chi connectivity index (χ4v) is 2.87. The summed E-state index contributed by atoms with van der Waals surface area (Å²) >= 11 is 6.15. The molecule has 0 spiro atoms. The van der Waals surface area contributed by atoms with Crippen LogP contribution in [0.3, 0.4) is 0 Å². The summed E-state index contributed by atoms with van der Waals surface area (Å²) in [4.78, 5) is 0. The lowest BCUT2D eigenvalue weighted by atomic mass is 10.1. The van der Waals surface area contributed by atoms with Crippen LogP contribution in [0.4, 0.5) is 4.39 Å². The lowest BCUT2D eigenvalue weighted by molar-refractivity contribution is 0.351. The Kier molecular flexibility index (Phi) is 4.13. The molecule has 0 aliphatic carbocycles. The van der Waals surface area contributed by atoms with Gasteiger partial charge < -0.3 is 10.1 Å². The fourth-order valence-electron chi connectivity index (χ4n) is 2.61. The van der Waals surface area contributed by atoms with E-state index in [0.29, 0.717) is 6.54 Å². The third kappa shape index (κ3) is 3.20. The minimum atomic E-state index is -0.216. The smallest absolute Gasteiger partial charge is 0.127 e. The van der Waals surface area contributed by atoms with Gasteiger partial charge in [0.15, 0.2) is 0 Å². The molecule has 0 bridgehead atoms. The van der Waals surface area contributed by atoms with Gasteiger partial charge in [0.2, 0.25) is 0 Å². The van der Waals surface area contributed by atoms with Crippen molar-refractivity contribution >= 4 is 11.6 Å². The van der Waals surface area contributed by atoms with Gasteiger partial charge in [0, 0.05) is 29.6 Å². The summed E-state index contributed by atoms with van der Waals surface area (Å²) < 4.78 is 18.6. The predicted octanol–water partition coefficient (Wildman–Crippen LogP) is 4.26. The highest BCUT2D eigenvalue weighted by Gasteiger charge is 2.18. The van der Waals surface area contributed by atoms with E-state index < -0.39 is 0 Å². The van der Waals surface area contributed by atoms with Gasteiger partial charge in [-0.2, -0.15) is 0 Å². The van der Waals surface area contributed by atoms with Crippen molar-refractivity contribution in [1.29, 1.82) is 0 Å². The summed E-state index contributed by atoms with van der Waals surface area (Å²) in [6.45, 7) is 3.44. The Balaban J connectivity index is 1.72. The van der Waals surface area contributed by atoms with Crippen LogP contribution in [-0.4, -0.2) is 6.61 Å². The number of halogens is 2. The van der Waals surface area contributed by atoms with Crippen LogP contribution in [0.2, 0.25) is 5.02 Å². The normalized spacial score (nSPS) is 14.6. The zero-order chi connectivity index (χ0) is 14.8. The molecular formula is C17H17ClFNO. The van der Waals surface area contributed by atoms with Crippen LogP contribution in [0.1, 0.15) is 29.7 Å². The van der Waals surface area contributed by atoms with Crippen molar-refractivity contribution in [2.45, 2.75) is 25.9 Å². The monoisotopic (exact) mass is 305 g/mol. The van der Waals surface area contributed by atoms with Gasteiger partial charge in [0.05, 0.1) is 6.61 Å². The van der Waals surface area contributed by atoms with E-state index in [1.54, 1.807) is 12.1 Å². The molecule has 0 aromatic heterocycles. The van der Waals surface area contributed by atoms with Crippen molar-refractivity contribution in [2.75, 3.05) is 6.61 Å². The second-order valence-electron chi connectivity index (χ2n) is 5.31. The molecule has 0 radical (unpaired) electrons. The first-order valence-corrected chi connectivity index (χ1v) is 7.44. The molecule has 110 valence electrons. The topological polar surface area (TPSA) is 21.3 Å². The Morgan fingerprint density at radius 2 is 2.05 bits per heavy atom. The molecule has 0 fully saturated rings. The molecule has 21 heavy (non-hydrogen) atoms. The number of nitrogens with one attached hydrogen (secondary N) is 1. The van der Waals surface area contributed by atoms with Gasteiger partial charge in [-0.05, 0) is 42.3 Å². The van der Waals surface area contributed by atoms with Crippen LogP contribution < -0.4 is 10.1 Å². The lowest BCUT2D eigenvalue weighted by Gasteiger charge is -2.16. The number of fused-ring (bicyclic) bond motifs is 1. The Bertz CT molecular complexity index is 642. The highest BCUT2D eigenvalue weighted by atomic mass is 35.5. The van der Waals surface area contributed by atoms with E-state index in [1.807, 2.05) is 12.1 Å². The van der Waals surface area contributed by atoms with Crippen LogP contribution >= 0.6 is 11.6 Å². The van der Waals surface area contributed by atoms with Crippen LogP contribution in [-0.2, 0) is 13.0 Å². The molecule has 2 aromatic carbocycles. The maximum Gasteiger partial charge on any atom is 0.127 e. The van der Waals surface area contributed by atoms with E-state index in [2.05, 4.69) is 12.2 Å². The zero-order valence-corrected chi connectivity index (χ0v) is 12.6. The summed E-state index contributed by atoms with van der Waals surface area (Å²) in [6, 6.07) is 10.6. The summed E-state index contributed by atoms with van der Waals surface area (Å²) in [7, 11) is 0. The Labute approximate surface area is 128 Å². The molecule has 1 N–H and O–H groups in total. The first kappa shape index (κ1) is 14.4. The molecule has 1 heterocycles. The van der Waals surface area contributed by atoms with E-state index >= 15 is 0 Å². The second kappa shape index (κ2) is 6.04. The fraction of sp³-hybridized carbons (Fsp3) is 0.294. The maximum atomic E-state index is 12.9. The largest absolute Gasteiger partial charge is 0.493 e. The van der Waals surface area contributed by atoms with E-state index in [1.165, 1.54) is 17.7 Å². The first-order chi connectivity index (χ1) is 10.1. The SMILES string of the molecule is CC(NCc1cc(Cl)cc2c1OCC2)c1ccc(F)cc1. The van der Waals surface area contributed by atoms with Crippen molar-refractivity contribution in [3.63, 3.8) is 0 Å². The van der Waals surface area contributed by atoms with Gasteiger partial charge in [-0.1, -0.05) is 23.7 Å². The first-order valence-electron chi connectivity index (χ1n) is 7.06. The molecule has 1 aliphatic rings. The molecule has 3 rings (SSSR count). The average Bonchev–Trinajstić information content (AvgIpc) is 2.93. The molecule has 1 unspecified atom stereocenters. The van der Waals surface area contributed by atoms with Gasteiger partial charge >= 0.3 is 0 Å². The molecule has 2 aromatic rings. The Morgan fingerprint density at radius 3 is 2.81 bits per heavy atom. The van der Waals surface area contributed by atoms with Crippen LogP contribution in [0.5, 0.6) is 5.75 Å². The molecule has 0 amide bonds. The van der Waals surface area contributed by atoms with Gasteiger partial charge in [-0.15, -0.1) is 0 Å². The third-order valence-electron chi connectivity index (χ3n) is 3.79. The van der Waals surface area contributed by atoms with Crippen molar-refractivity contribution in [1.82, 2.24) is 5.32 Å². The molecular weight excluding hydrogens is 289 g/mol. The maximum absolute atomic E-state index is 12.9. The summed E-state index contributed by atoms with van der Waals surface area (Å²) in [5.41, 5.74) is 3.30. The van der Waals surface area contributed by atoms with Crippen LogP contribution in [0.15, 0.2) is 36.4 Å². The third-order valence-corrected chi connectivity index (χ3v) is 4.01. The lowest BCUT2D eigenvalue weighted by Crippen LogP contribution is -2.18. The highest BCUT2D eigenvalue weighted by molar-refractivity contribution is 6.30. The standard InChI is InChI=1S/C17H17ClFNO/c1-11(12-2-4-16(19)5-3-12)20-10-14-9-15(18)8-13-6-7-21-17(13)14/h2-5,8-9,11,20H,6-7,10H2,1H3. The zero-order valence-electron chi connectivity index (χ0n) is 11.8. The summed E-state index contributed by atoms with van der Waals surface area (Å²) in [6.07, 6.45) is 0.913. The van der Waals surface area contributed by atoms with E-state index in [0.717, 1.165) is 34.9 Å². The highest BCUT2D eigenvalue weighted by Crippen LogP contribution is 2.33. The summed E-state index contributed by atoms with van der Waals surface area (Å²) in [5, 5.41) is 4.17. The Morgan fingerprint density at radius 1 is 1.29 bits per heavy atom. The van der Waals surface area contributed by atoms with Crippen molar-refractivity contribution in [3.8, 4) is 5.75 Å². The van der Waals surface area contributed by atoms with Gasteiger partial charge in [0.25, 0.3) is 0 Å². The molecule has 4 heteroatoms. The summed E-state index contributed by atoms with van der Waals surface area (Å²) in [5.74, 6) is 0.741. The minimum absolute atomic E-state index is 0.127. The quantitative estimate of drug-likeness (QED) is 0.911. The molecule has 0 saturated carbocycles. The molecule has 2 nitrogen and oxygen atoms in total. The van der Waals surface area contributed by atoms with Crippen LogP contribution in [0.25, 0.3) is 0 Å². The van der Waals surface area contributed by atoms with Crippen molar-refractivity contribution in [2.24, 2.45) is 0 Å². The van der Waals surface area contributed by atoms with Gasteiger partial charge in [0.1, 0.15) is 11.6 Å². The van der Waals surface area contributed by atoms with Crippen LogP contribution in [0, 0.1) is 5.82 Å². The van der Waals surface area contributed by atoms with E-state index in [9.17, 15) is 4.39 Å². The molecule has 1 aliphatic heterocycles. The van der Waals surface area contributed by atoms with Crippen molar-refractivity contribution in [3.05, 3.63) is 63.9 Å². The van der Waals surface area contributed by atoms with E-state index in [4.69, 9.17) is 16.3 Å². The van der Waals surface area contributed by atoms with Crippen molar-refractivity contribution < 1.29 is 9.13 Å². The number of ether oxygens (including phenoxy) is 1. The van der Waals surface area contributed by atoms with E-state index in [-0.39, 0.29) is 11.9 Å². The number of hydrogen-bond donors (Lipinski definition) is 1. The predicted molar refractivity (Wildman–Crippen MR) is 82.3 cm³/mol. The second-order valence-corrected chi connectivity index (χ2v) is 5.74. The van der Waals surface area contributed by atoms with Gasteiger partial charge in [-0.25, -0.2) is 4.39 Å².